The van der Waals surface area contributed by atoms with Gasteiger partial charge in [-0.3, -0.25) is 9.78 Å². The van der Waals surface area contributed by atoms with Crippen molar-refractivity contribution in [3.05, 3.63) is 41.6 Å². The zero-order valence-corrected chi connectivity index (χ0v) is 15.1. The molecule has 2 amide bonds. The predicted octanol–water partition coefficient (Wildman–Crippen LogP) is 0.618. The number of hydrogen-bond acceptors (Lipinski definition) is 8. The second-order valence-electron chi connectivity index (χ2n) is 6.52. The third kappa shape index (κ3) is 3.19. The Morgan fingerprint density at radius 3 is 2.56 bits per heavy atom. The van der Waals surface area contributed by atoms with Crippen molar-refractivity contribution >= 4 is 17.8 Å². The number of amides is 2. The summed E-state index contributed by atoms with van der Waals surface area (Å²) in [5.41, 5.74) is 1.16. The predicted molar refractivity (Wildman–Crippen MR) is 93.9 cm³/mol. The van der Waals surface area contributed by atoms with Crippen LogP contribution < -0.4 is 4.90 Å². The molecule has 10 nitrogen and oxygen atoms in total. The van der Waals surface area contributed by atoms with Crippen LogP contribution in [-0.4, -0.2) is 75.2 Å². The molecular weight excluding hydrogens is 350 g/mol. The minimum Gasteiger partial charge on any atom is -0.419 e. The van der Waals surface area contributed by atoms with Gasteiger partial charge in [-0.1, -0.05) is 0 Å². The average molecular weight is 369 g/mol. The third-order valence-corrected chi connectivity index (χ3v) is 4.62. The fourth-order valence-electron chi connectivity index (χ4n) is 3.05. The van der Waals surface area contributed by atoms with E-state index >= 15 is 0 Å². The van der Waals surface area contributed by atoms with Crippen molar-refractivity contribution in [2.75, 3.05) is 38.1 Å². The molecule has 2 aromatic rings. The first kappa shape index (κ1) is 17.3. The second kappa shape index (κ2) is 6.88. The normalized spacial score (nSPS) is 19.9. The lowest BCUT2D eigenvalue weighted by Crippen LogP contribution is -2.48. The molecule has 4 rings (SSSR count). The lowest BCUT2D eigenvalue weighted by atomic mass is 10.3. The molecule has 0 spiro atoms. The first-order valence-electron chi connectivity index (χ1n) is 8.63. The van der Waals surface area contributed by atoms with Crippen LogP contribution in [0, 0.1) is 6.92 Å². The Labute approximate surface area is 155 Å². The fourth-order valence-corrected chi connectivity index (χ4v) is 3.05. The van der Waals surface area contributed by atoms with Crippen molar-refractivity contribution < 1.29 is 14.3 Å². The Balaban J connectivity index is 1.63. The van der Waals surface area contributed by atoms with E-state index in [1.54, 1.807) is 24.0 Å². The number of likely N-dealkylation sites (N-methyl/N-ethyl adjacent to an activating group) is 1. The number of rotatable bonds is 2. The molecule has 1 saturated heterocycles. The summed E-state index contributed by atoms with van der Waals surface area (Å²) in [7, 11) is 2.00. The van der Waals surface area contributed by atoms with E-state index in [1.165, 1.54) is 17.3 Å². The topological polar surface area (TPSA) is 105 Å². The minimum absolute atomic E-state index is 0.149. The molecule has 140 valence electrons. The van der Waals surface area contributed by atoms with Crippen LogP contribution in [0.5, 0.6) is 0 Å². The molecule has 1 unspecified atom stereocenters. The highest BCUT2D eigenvalue weighted by atomic mass is 16.6. The summed E-state index contributed by atoms with van der Waals surface area (Å²) >= 11 is 0. The summed E-state index contributed by atoms with van der Waals surface area (Å²) in [5, 5.41) is 8.05. The van der Waals surface area contributed by atoms with Gasteiger partial charge < -0.3 is 14.5 Å². The van der Waals surface area contributed by atoms with Gasteiger partial charge in [-0.25, -0.2) is 14.7 Å². The summed E-state index contributed by atoms with van der Waals surface area (Å²) in [6.45, 7) is 4.46. The van der Waals surface area contributed by atoms with Crippen LogP contribution in [0.4, 0.5) is 10.6 Å². The van der Waals surface area contributed by atoms with Crippen LogP contribution in [0.2, 0.25) is 0 Å². The molecule has 2 aromatic heterocycles. The molecule has 0 bridgehead atoms. The molecule has 1 fully saturated rings. The quantitative estimate of drug-likeness (QED) is 0.759. The zero-order chi connectivity index (χ0) is 19.0. The van der Waals surface area contributed by atoms with Crippen LogP contribution in [0.3, 0.4) is 0 Å². The Kier molecular flexibility index (Phi) is 4.40. The van der Waals surface area contributed by atoms with Gasteiger partial charge in [0.2, 0.25) is 6.23 Å². The Morgan fingerprint density at radius 2 is 1.85 bits per heavy atom. The molecule has 0 radical (unpaired) electrons. The number of hydrogen-bond donors (Lipinski definition) is 0. The summed E-state index contributed by atoms with van der Waals surface area (Å²) < 4.78 is 5.68. The van der Waals surface area contributed by atoms with Crippen molar-refractivity contribution in [1.29, 1.82) is 0 Å². The van der Waals surface area contributed by atoms with Crippen LogP contribution in [0.15, 0.2) is 24.5 Å². The number of fused-ring (bicyclic) bond motifs is 1. The summed E-state index contributed by atoms with van der Waals surface area (Å²) in [6, 6.07) is 3.39. The number of aromatic nitrogens is 4. The van der Waals surface area contributed by atoms with Gasteiger partial charge in [-0.05, 0) is 26.1 Å². The Hall–Kier alpha value is -3.14. The van der Waals surface area contributed by atoms with E-state index in [4.69, 9.17) is 4.74 Å². The van der Waals surface area contributed by atoms with E-state index in [2.05, 4.69) is 25.1 Å². The monoisotopic (exact) mass is 369 g/mol. The molecule has 0 aromatic carbocycles. The maximum Gasteiger partial charge on any atom is 0.412 e. The van der Waals surface area contributed by atoms with E-state index < -0.39 is 18.2 Å². The van der Waals surface area contributed by atoms with Crippen LogP contribution in [0.1, 0.15) is 28.1 Å². The van der Waals surface area contributed by atoms with Crippen LogP contribution >= 0.6 is 0 Å². The molecule has 0 saturated carbocycles. The number of aryl methyl sites for hydroxylation is 1. The number of nitrogens with zero attached hydrogens (tertiary/aromatic N) is 7. The van der Waals surface area contributed by atoms with E-state index in [0.717, 1.165) is 13.1 Å². The van der Waals surface area contributed by atoms with Crippen molar-refractivity contribution in [2.45, 2.75) is 13.2 Å². The standard InChI is InChI=1S/C17H19N7O3/c1-11-3-4-12(21-20-11)24-15(25)13-14(19-6-5-18-13)16(24)27-17(26)23-9-7-22(2)8-10-23/h3-6,16H,7-10H2,1-2H3. The lowest BCUT2D eigenvalue weighted by molar-refractivity contribution is 0.0476. The highest BCUT2D eigenvalue weighted by molar-refractivity contribution is 6.08. The Bertz CT molecular complexity index is 865. The van der Waals surface area contributed by atoms with Crippen molar-refractivity contribution in [3.8, 4) is 0 Å². The molecule has 2 aliphatic rings. The second-order valence-corrected chi connectivity index (χ2v) is 6.52. The number of ether oxygens (including phenoxy) is 1. The van der Waals surface area contributed by atoms with Crippen LogP contribution in [0.25, 0.3) is 0 Å². The zero-order valence-electron chi connectivity index (χ0n) is 15.1. The molecule has 4 heterocycles. The van der Waals surface area contributed by atoms with E-state index in [-0.39, 0.29) is 11.5 Å². The number of piperazine rings is 1. The van der Waals surface area contributed by atoms with Gasteiger partial charge in [0.15, 0.2) is 11.5 Å². The van der Waals surface area contributed by atoms with Gasteiger partial charge in [-0.15, -0.1) is 5.10 Å². The molecule has 27 heavy (non-hydrogen) atoms. The summed E-state index contributed by atoms with van der Waals surface area (Å²) in [5.74, 6) is -0.144. The van der Waals surface area contributed by atoms with Crippen molar-refractivity contribution in [3.63, 3.8) is 0 Å². The third-order valence-electron chi connectivity index (χ3n) is 4.62. The molecule has 10 heteroatoms. The van der Waals surface area contributed by atoms with Crippen molar-refractivity contribution in [2.24, 2.45) is 0 Å². The van der Waals surface area contributed by atoms with Crippen LogP contribution in [-0.2, 0) is 4.74 Å². The van der Waals surface area contributed by atoms with Gasteiger partial charge in [0.1, 0.15) is 5.69 Å². The largest absolute Gasteiger partial charge is 0.419 e. The van der Waals surface area contributed by atoms with Crippen molar-refractivity contribution in [1.82, 2.24) is 30.0 Å². The maximum atomic E-state index is 12.8. The number of anilines is 1. The molecule has 2 aliphatic heterocycles. The molecule has 1 atom stereocenters. The summed E-state index contributed by atoms with van der Waals surface area (Å²) in [4.78, 5) is 38.9. The molecule has 0 aliphatic carbocycles. The van der Waals surface area contributed by atoms with Gasteiger partial charge >= 0.3 is 6.09 Å². The van der Waals surface area contributed by atoms with E-state index in [1.807, 2.05) is 7.05 Å². The van der Waals surface area contributed by atoms with Gasteiger partial charge in [0.05, 0.1) is 5.69 Å². The molecular formula is C17H19N7O3. The first-order valence-corrected chi connectivity index (χ1v) is 8.63. The van der Waals surface area contributed by atoms with E-state index in [9.17, 15) is 9.59 Å². The SMILES string of the molecule is Cc1ccc(N2C(=O)c3nccnc3C2OC(=O)N2CCN(C)CC2)nn1. The number of carbonyl (C=O) groups is 2. The highest BCUT2D eigenvalue weighted by Crippen LogP contribution is 2.35. The van der Waals surface area contributed by atoms with Gasteiger partial charge in [0, 0.05) is 38.6 Å². The smallest absolute Gasteiger partial charge is 0.412 e. The van der Waals surface area contributed by atoms with Gasteiger partial charge in [-0.2, -0.15) is 5.10 Å². The summed E-state index contributed by atoms with van der Waals surface area (Å²) in [6.07, 6.45) is 1.38. The highest BCUT2D eigenvalue weighted by Gasteiger charge is 2.44. The number of carbonyl (C=O) groups excluding carboxylic acids is 2. The minimum atomic E-state index is -1.02. The maximum absolute atomic E-state index is 12.8. The van der Waals surface area contributed by atoms with E-state index in [0.29, 0.717) is 24.5 Å². The average Bonchev–Trinajstić information content (AvgIpc) is 2.95. The lowest BCUT2D eigenvalue weighted by Gasteiger charge is -2.33. The van der Waals surface area contributed by atoms with Gasteiger partial charge in [0.25, 0.3) is 5.91 Å². The fraction of sp³-hybridized carbons (Fsp3) is 0.412. The molecule has 0 N–H and O–H groups in total. The first-order chi connectivity index (χ1) is 13.0. The Morgan fingerprint density at radius 1 is 1.11 bits per heavy atom.